The number of aliphatic carboxylic acids is 1. The molecule has 0 radical (unpaired) electrons. The lowest BCUT2D eigenvalue weighted by Gasteiger charge is -2.19. The number of hydrogen-bond acceptors (Lipinski definition) is 4. The van der Waals surface area contributed by atoms with Gasteiger partial charge in [-0.15, -0.1) is 0 Å². The minimum absolute atomic E-state index is 0.0448. The second kappa shape index (κ2) is 5.49. The fraction of sp³-hybridized carbons (Fsp3) is 0.273. The Kier molecular flexibility index (Phi) is 4.09. The number of carboxylic acid groups (broad SMARTS) is 1. The number of nitro groups is 1. The van der Waals surface area contributed by atoms with Gasteiger partial charge in [0.2, 0.25) is 5.91 Å². The highest BCUT2D eigenvalue weighted by molar-refractivity contribution is 9.11. The zero-order valence-electron chi connectivity index (χ0n) is 9.88. The van der Waals surface area contributed by atoms with E-state index in [0.717, 1.165) is 0 Å². The summed E-state index contributed by atoms with van der Waals surface area (Å²) in [5, 5.41) is 19.7. The maximum Gasteiger partial charge on any atom is 0.308 e. The Morgan fingerprint density at radius 1 is 1.40 bits per heavy atom. The summed E-state index contributed by atoms with van der Waals surface area (Å²) in [6, 6.07) is 2.56. The highest BCUT2D eigenvalue weighted by Crippen LogP contribution is 2.40. The van der Waals surface area contributed by atoms with Crippen molar-refractivity contribution in [3.8, 4) is 0 Å². The number of non-ortho nitro benzene ring substituents is 1. The molecule has 106 valence electrons. The van der Waals surface area contributed by atoms with Crippen LogP contribution in [0.25, 0.3) is 0 Å². The Labute approximate surface area is 130 Å². The van der Waals surface area contributed by atoms with Crippen molar-refractivity contribution in [2.45, 2.75) is 6.42 Å². The van der Waals surface area contributed by atoms with E-state index in [9.17, 15) is 19.7 Å². The smallest absolute Gasteiger partial charge is 0.308 e. The third-order valence-electron chi connectivity index (χ3n) is 2.96. The van der Waals surface area contributed by atoms with E-state index in [0.29, 0.717) is 14.6 Å². The Morgan fingerprint density at radius 3 is 2.35 bits per heavy atom. The first-order chi connectivity index (χ1) is 9.31. The van der Waals surface area contributed by atoms with Crippen molar-refractivity contribution in [3.05, 3.63) is 31.2 Å². The summed E-state index contributed by atoms with van der Waals surface area (Å²) in [4.78, 5) is 34.4. The van der Waals surface area contributed by atoms with Gasteiger partial charge in [0, 0.05) is 34.0 Å². The van der Waals surface area contributed by atoms with E-state index in [2.05, 4.69) is 31.9 Å². The van der Waals surface area contributed by atoms with E-state index >= 15 is 0 Å². The van der Waals surface area contributed by atoms with Gasteiger partial charge in [0.15, 0.2) is 0 Å². The summed E-state index contributed by atoms with van der Waals surface area (Å²) in [6.07, 6.45) is -0.0782. The average molecular weight is 408 g/mol. The molecule has 1 amide bonds. The number of carbonyl (C=O) groups is 2. The second-order valence-electron chi connectivity index (χ2n) is 4.26. The number of nitro benzene ring substituents is 1. The van der Waals surface area contributed by atoms with E-state index in [1.54, 1.807) is 0 Å². The topological polar surface area (TPSA) is 101 Å². The first-order valence-electron chi connectivity index (χ1n) is 5.48. The number of amides is 1. The summed E-state index contributed by atoms with van der Waals surface area (Å²) in [5.41, 5.74) is 0.276. The molecule has 2 rings (SSSR count). The van der Waals surface area contributed by atoms with Crippen LogP contribution in [0, 0.1) is 16.0 Å². The molecule has 7 nitrogen and oxygen atoms in total. The van der Waals surface area contributed by atoms with Crippen LogP contribution in [0.3, 0.4) is 0 Å². The Hall–Kier alpha value is -1.48. The number of rotatable bonds is 3. The lowest BCUT2D eigenvalue weighted by Crippen LogP contribution is -2.26. The fourth-order valence-corrected chi connectivity index (χ4v) is 3.59. The van der Waals surface area contributed by atoms with Crippen LogP contribution in [0.1, 0.15) is 6.42 Å². The largest absolute Gasteiger partial charge is 0.481 e. The number of nitrogens with zero attached hydrogens (tertiary/aromatic N) is 2. The zero-order chi connectivity index (χ0) is 15.0. The molecule has 0 bridgehead atoms. The first-order valence-corrected chi connectivity index (χ1v) is 7.06. The zero-order valence-corrected chi connectivity index (χ0v) is 13.0. The maximum atomic E-state index is 11.9. The van der Waals surface area contributed by atoms with Crippen molar-refractivity contribution in [2.75, 3.05) is 11.4 Å². The summed E-state index contributed by atoms with van der Waals surface area (Å²) in [5.74, 6) is -2.13. The molecule has 0 spiro atoms. The lowest BCUT2D eigenvalue weighted by atomic mass is 10.1. The highest BCUT2D eigenvalue weighted by atomic mass is 79.9. The molecular weight excluding hydrogens is 400 g/mol. The van der Waals surface area contributed by atoms with Crippen molar-refractivity contribution in [2.24, 2.45) is 5.92 Å². The molecule has 1 N–H and O–H groups in total. The van der Waals surface area contributed by atoms with Crippen LogP contribution >= 0.6 is 31.9 Å². The van der Waals surface area contributed by atoms with Crippen molar-refractivity contribution in [1.82, 2.24) is 0 Å². The third-order valence-corrected chi connectivity index (χ3v) is 4.17. The van der Waals surface area contributed by atoms with E-state index in [-0.39, 0.29) is 24.6 Å². The molecule has 1 aromatic rings. The van der Waals surface area contributed by atoms with E-state index in [1.807, 2.05) is 0 Å². The van der Waals surface area contributed by atoms with Crippen LogP contribution < -0.4 is 4.90 Å². The maximum absolute atomic E-state index is 11.9. The molecule has 0 aliphatic carbocycles. The molecule has 1 aliphatic rings. The SMILES string of the molecule is O=C(O)C1CC(=O)N(c2c(Br)cc([N+](=O)[O-])cc2Br)C1. The van der Waals surface area contributed by atoms with Crippen LogP contribution in [0.15, 0.2) is 21.1 Å². The molecule has 1 fully saturated rings. The van der Waals surface area contributed by atoms with E-state index in [4.69, 9.17) is 5.11 Å². The monoisotopic (exact) mass is 406 g/mol. The van der Waals surface area contributed by atoms with Crippen LogP contribution in [0.4, 0.5) is 11.4 Å². The first kappa shape index (κ1) is 14.9. The van der Waals surface area contributed by atoms with Crippen LogP contribution in [-0.4, -0.2) is 28.5 Å². The highest BCUT2D eigenvalue weighted by Gasteiger charge is 2.37. The Balaban J connectivity index is 2.41. The quantitative estimate of drug-likeness (QED) is 0.612. The van der Waals surface area contributed by atoms with Gasteiger partial charge < -0.3 is 10.0 Å². The molecule has 9 heteroatoms. The second-order valence-corrected chi connectivity index (χ2v) is 5.97. The average Bonchev–Trinajstić information content (AvgIpc) is 2.70. The van der Waals surface area contributed by atoms with Gasteiger partial charge in [0.25, 0.3) is 5.69 Å². The number of benzene rings is 1. The summed E-state index contributed by atoms with van der Waals surface area (Å²) in [6.45, 7) is 0.0448. The molecule has 1 heterocycles. The fourth-order valence-electron chi connectivity index (χ4n) is 2.00. The lowest BCUT2D eigenvalue weighted by molar-refractivity contribution is -0.385. The van der Waals surface area contributed by atoms with Gasteiger partial charge in [0.1, 0.15) is 0 Å². The number of carbonyl (C=O) groups excluding carboxylic acids is 1. The van der Waals surface area contributed by atoms with Crippen LogP contribution in [0.5, 0.6) is 0 Å². The predicted octanol–water partition coefficient (Wildman–Crippen LogP) is 2.56. The molecule has 0 saturated carbocycles. The van der Waals surface area contributed by atoms with Gasteiger partial charge >= 0.3 is 5.97 Å². The number of carboxylic acids is 1. The molecule has 1 saturated heterocycles. The standard InChI is InChI=1S/C11H8Br2N2O5/c12-7-2-6(15(19)20)3-8(13)10(7)14-4-5(11(17)18)1-9(14)16/h2-3,5H,1,4H2,(H,17,18). The number of anilines is 1. The van der Waals surface area contributed by atoms with Crippen molar-refractivity contribution < 1.29 is 19.6 Å². The Bertz CT molecular complexity index is 596. The normalized spacial score (nSPS) is 18.4. The third kappa shape index (κ3) is 2.68. The molecule has 20 heavy (non-hydrogen) atoms. The van der Waals surface area contributed by atoms with Gasteiger partial charge in [-0.3, -0.25) is 19.7 Å². The molecular formula is C11H8Br2N2O5. The summed E-state index contributed by atoms with van der Waals surface area (Å²) >= 11 is 6.37. The number of halogens is 2. The summed E-state index contributed by atoms with van der Waals surface area (Å²) in [7, 11) is 0. The predicted molar refractivity (Wildman–Crippen MR) is 76.6 cm³/mol. The summed E-state index contributed by atoms with van der Waals surface area (Å²) < 4.78 is 0.718. The van der Waals surface area contributed by atoms with Gasteiger partial charge in [-0.1, -0.05) is 0 Å². The molecule has 1 atom stereocenters. The van der Waals surface area contributed by atoms with E-state index in [1.165, 1.54) is 17.0 Å². The van der Waals surface area contributed by atoms with Crippen LogP contribution in [-0.2, 0) is 9.59 Å². The van der Waals surface area contributed by atoms with E-state index < -0.39 is 16.8 Å². The van der Waals surface area contributed by atoms with Crippen molar-refractivity contribution >= 4 is 55.1 Å². The minimum atomic E-state index is -1.03. The molecule has 1 unspecified atom stereocenters. The Morgan fingerprint density at radius 2 is 1.95 bits per heavy atom. The molecule has 0 aromatic heterocycles. The van der Waals surface area contributed by atoms with Gasteiger partial charge in [-0.25, -0.2) is 0 Å². The van der Waals surface area contributed by atoms with Crippen molar-refractivity contribution in [1.29, 1.82) is 0 Å². The van der Waals surface area contributed by atoms with Gasteiger partial charge in [0.05, 0.1) is 16.5 Å². The van der Waals surface area contributed by atoms with Crippen molar-refractivity contribution in [3.63, 3.8) is 0 Å². The van der Waals surface area contributed by atoms with Gasteiger partial charge in [-0.2, -0.15) is 0 Å². The minimum Gasteiger partial charge on any atom is -0.481 e. The van der Waals surface area contributed by atoms with Gasteiger partial charge in [-0.05, 0) is 31.9 Å². The number of hydrogen-bond donors (Lipinski definition) is 1. The molecule has 1 aliphatic heterocycles. The van der Waals surface area contributed by atoms with Crippen LogP contribution in [0.2, 0.25) is 0 Å². The molecule has 1 aromatic carbocycles.